The van der Waals surface area contributed by atoms with Gasteiger partial charge < -0.3 is 15.2 Å². The van der Waals surface area contributed by atoms with Gasteiger partial charge in [0, 0.05) is 5.69 Å². The van der Waals surface area contributed by atoms with E-state index < -0.39 is 39.0 Å². The van der Waals surface area contributed by atoms with Gasteiger partial charge in [0.25, 0.3) is 0 Å². The molecule has 2 aromatic carbocycles. The average Bonchev–Trinajstić information content (AvgIpc) is 2.48. The fraction of sp³-hybridized carbons (Fsp3) is 0.125. The summed E-state index contributed by atoms with van der Waals surface area (Å²) in [5.74, 6) is -3.92. The van der Waals surface area contributed by atoms with Crippen LogP contribution < -0.4 is 10.4 Å². The molecule has 0 bridgehead atoms. The lowest BCUT2D eigenvalue weighted by Crippen LogP contribution is -2.24. The number of aromatic carboxylic acids is 1. The maximum atomic E-state index is 12.8. The molecular formula is C16H13FNO5S-. The minimum atomic E-state index is -3.80. The zero-order valence-electron chi connectivity index (χ0n) is 12.4. The van der Waals surface area contributed by atoms with E-state index in [-0.39, 0.29) is 16.8 Å². The monoisotopic (exact) mass is 350 g/mol. The molecule has 0 fully saturated rings. The molecule has 8 heteroatoms. The number of amides is 1. The first kappa shape index (κ1) is 17.6. The highest BCUT2D eigenvalue weighted by Crippen LogP contribution is 2.11. The first-order chi connectivity index (χ1) is 11.2. The summed E-state index contributed by atoms with van der Waals surface area (Å²) in [5.41, 5.74) is 0.375. The van der Waals surface area contributed by atoms with Crippen LogP contribution in [0.15, 0.2) is 48.5 Å². The highest BCUT2D eigenvalue weighted by atomic mass is 32.2. The Kier molecular flexibility index (Phi) is 5.30. The van der Waals surface area contributed by atoms with E-state index in [4.69, 9.17) is 0 Å². The quantitative estimate of drug-likeness (QED) is 0.828. The molecule has 126 valence electrons. The number of hydrogen-bond donors (Lipinski definition) is 1. The van der Waals surface area contributed by atoms with Crippen molar-refractivity contribution in [1.82, 2.24) is 0 Å². The Bertz CT molecular complexity index is 862. The van der Waals surface area contributed by atoms with Gasteiger partial charge in [-0.3, -0.25) is 4.79 Å². The topological polar surface area (TPSA) is 103 Å². The summed E-state index contributed by atoms with van der Waals surface area (Å²) in [7, 11) is -3.80. The largest absolute Gasteiger partial charge is 0.545 e. The Morgan fingerprint density at radius 2 is 1.75 bits per heavy atom. The van der Waals surface area contributed by atoms with Crippen LogP contribution in [-0.4, -0.2) is 26.0 Å². The van der Waals surface area contributed by atoms with Gasteiger partial charge in [-0.05, 0) is 41.5 Å². The third-order valence-electron chi connectivity index (χ3n) is 3.03. The highest BCUT2D eigenvalue weighted by Gasteiger charge is 2.18. The van der Waals surface area contributed by atoms with E-state index in [1.54, 1.807) is 0 Å². The molecule has 1 amide bonds. The van der Waals surface area contributed by atoms with Gasteiger partial charge in [0.2, 0.25) is 5.91 Å². The summed E-state index contributed by atoms with van der Waals surface area (Å²) in [6.07, 6.45) is 0. The van der Waals surface area contributed by atoms with Crippen molar-refractivity contribution in [1.29, 1.82) is 0 Å². The van der Waals surface area contributed by atoms with E-state index in [0.717, 1.165) is 12.1 Å². The minimum absolute atomic E-state index is 0.140. The molecule has 0 aliphatic carbocycles. The molecule has 2 aromatic rings. The van der Waals surface area contributed by atoms with E-state index in [1.165, 1.54) is 36.4 Å². The summed E-state index contributed by atoms with van der Waals surface area (Å²) >= 11 is 0. The van der Waals surface area contributed by atoms with Crippen LogP contribution in [0, 0.1) is 5.82 Å². The van der Waals surface area contributed by atoms with Gasteiger partial charge in [-0.25, -0.2) is 12.8 Å². The summed E-state index contributed by atoms with van der Waals surface area (Å²) in [6, 6.07) is 10.2. The SMILES string of the molecule is O=C(CS(=O)(=O)Cc1cccc(C(=O)[O-])c1)Nc1ccc(F)cc1. The summed E-state index contributed by atoms with van der Waals surface area (Å²) in [5, 5.41) is 13.1. The van der Waals surface area contributed by atoms with E-state index in [1.807, 2.05) is 0 Å². The molecule has 6 nitrogen and oxygen atoms in total. The molecule has 0 radical (unpaired) electrons. The maximum Gasteiger partial charge on any atom is 0.239 e. The Balaban J connectivity index is 2.02. The van der Waals surface area contributed by atoms with Crippen LogP contribution in [0.1, 0.15) is 15.9 Å². The smallest absolute Gasteiger partial charge is 0.239 e. The predicted molar refractivity (Wildman–Crippen MR) is 83.3 cm³/mol. The van der Waals surface area contributed by atoms with Crippen LogP contribution in [-0.2, 0) is 20.4 Å². The summed E-state index contributed by atoms with van der Waals surface area (Å²) < 4.78 is 36.9. The number of anilines is 1. The minimum Gasteiger partial charge on any atom is -0.545 e. The van der Waals surface area contributed by atoms with Crippen molar-refractivity contribution >= 4 is 27.4 Å². The number of sulfone groups is 1. The van der Waals surface area contributed by atoms with Crippen LogP contribution in [0.3, 0.4) is 0 Å². The van der Waals surface area contributed by atoms with Gasteiger partial charge in [-0.15, -0.1) is 0 Å². The summed E-state index contributed by atoms with van der Waals surface area (Å²) in [4.78, 5) is 22.6. The van der Waals surface area contributed by atoms with Crippen molar-refractivity contribution < 1.29 is 27.5 Å². The van der Waals surface area contributed by atoms with Crippen molar-refractivity contribution in [2.75, 3.05) is 11.1 Å². The molecule has 24 heavy (non-hydrogen) atoms. The number of carbonyl (C=O) groups is 2. The number of carboxylic acids is 1. The maximum absolute atomic E-state index is 12.8. The molecular weight excluding hydrogens is 337 g/mol. The molecule has 0 spiro atoms. The molecule has 0 atom stereocenters. The number of halogens is 1. The molecule has 0 saturated carbocycles. The van der Waals surface area contributed by atoms with Crippen molar-refractivity contribution in [2.24, 2.45) is 0 Å². The Hall–Kier alpha value is -2.74. The molecule has 0 saturated heterocycles. The summed E-state index contributed by atoms with van der Waals surface area (Å²) in [6.45, 7) is 0. The van der Waals surface area contributed by atoms with Crippen molar-refractivity contribution in [3.8, 4) is 0 Å². The van der Waals surface area contributed by atoms with Crippen molar-refractivity contribution in [2.45, 2.75) is 5.75 Å². The van der Waals surface area contributed by atoms with Crippen LogP contribution >= 0.6 is 0 Å². The lowest BCUT2D eigenvalue weighted by Gasteiger charge is -2.08. The number of carboxylic acid groups (broad SMARTS) is 1. The zero-order chi connectivity index (χ0) is 17.7. The molecule has 0 aliphatic heterocycles. The average molecular weight is 350 g/mol. The van der Waals surface area contributed by atoms with E-state index in [2.05, 4.69) is 5.32 Å². The van der Waals surface area contributed by atoms with Crippen LogP contribution in [0.25, 0.3) is 0 Å². The second-order valence-corrected chi connectivity index (χ2v) is 7.14. The number of carbonyl (C=O) groups excluding carboxylic acids is 2. The van der Waals surface area contributed by atoms with Gasteiger partial charge >= 0.3 is 0 Å². The molecule has 1 N–H and O–H groups in total. The molecule has 0 aromatic heterocycles. The standard InChI is InChI=1S/C16H14FNO5S/c17-13-4-6-14(7-5-13)18-15(19)10-24(22,23)9-11-2-1-3-12(8-11)16(20)21/h1-8H,9-10H2,(H,18,19)(H,20,21)/p-1. The molecule has 0 aliphatic rings. The fourth-order valence-corrected chi connectivity index (χ4v) is 3.28. The lowest BCUT2D eigenvalue weighted by molar-refractivity contribution is -0.255. The number of rotatable bonds is 6. The Morgan fingerprint density at radius 3 is 2.38 bits per heavy atom. The third kappa shape index (κ3) is 5.17. The number of benzene rings is 2. The van der Waals surface area contributed by atoms with E-state index in [9.17, 15) is 27.5 Å². The number of nitrogens with one attached hydrogen (secondary N) is 1. The van der Waals surface area contributed by atoms with Gasteiger partial charge in [0.15, 0.2) is 9.84 Å². The normalized spacial score (nSPS) is 11.0. The van der Waals surface area contributed by atoms with E-state index >= 15 is 0 Å². The van der Waals surface area contributed by atoms with Crippen molar-refractivity contribution in [3.05, 3.63) is 65.5 Å². The van der Waals surface area contributed by atoms with Gasteiger partial charge in [-0.2, -0.15) is 0 Å². The van der Waals surface area contributed by atoms with Gasteiger partial charge in [0.1, 0.15) is 11.6 Å². The molecule has 2 rings (SSSR count). The Labute approximate surface area is 137 Å². The van der Waals surface area contributed by atoms with Crippen LogP contribution in [0.2, 0.25) is 0 Å². The Morgan fingerprint density at radius 1 is 1.08 bits per heavy atom. The first-order valence-corrected chi connectivity index (χ1v) is 8.63. The van der Waals surface area contributed by atoms with Gasteiger partial charge in [-0.1, -0.05) is 18.2 Å². The highest BCUT2D eigenvalue weighted by molar-refractivity contribution is 7.91. The van der Waals surface area contributed by atoms with E-state index in [0.29, 0.717) is 0 Å². The molecule has 0 heterocycles. The predicted octanol–water partition coefficient (Wildman–Crippen LogP) is 0.743. The second kappa shape index (κ2) is 7.22. The fourth-order valence-electron chi connectivity index (χ4n) is 2.02. The lowest BCUT2D eigenvalue weighted by atomic mass is 10.1. The van der Waals surface area contributed by atoms with Crippen LogP contribution in [0.4, 0.5) is 10.1 Å². The number of hydrogen-bond acceptors (Lipinski definition) is 5. The zero-order valence-corrected chi connectivity index (χ0v) is 13.2. The first-order valence-electron chi connectivity index (χ1n) is 6.81. The molecule has 0 unspecified atom stereocenters. The van der Waals surface area contributed by atoms with Crippen LogP contribution in [0.5, 0.6) is 0 Å². The van der Waals surface area contributed by atoms with Crippen molar-refractivity contribution in [3.63, 3.8) is 0 Å². The second-order valence-electron chi connectivity index (χ2n) is 5.08. The van der Waals surface area contributed by atoms with Gasteiger partial charge in [0.05, 0.1) is 11.7 Å². The third-order valence-corrected chi connectivity index (χ3v) is 4.50.